The van der Waals surface area contributed by atoms with E-state index in [2.05, 4.69) is 20.0 Å². The minimum Gasteiger partial charge on any atom is -0.493 e. The quantitative estimate of drug-likeness (QED) is 0.457. The zero-order valence-electron chi connectivity index (χ0n) is 21.1. The lowest BCUT2D eigenvalue weighted by Crippen LogP contribution is -2.49. The fourth-order valence-electron chi connectivity index (χ4n) is 5.50. The first kappa shape index (κ1) is 23.5. The molecule has 5 heterocycles. The van der Waals surface area contributed by atoms with Crippen molar-refractivity contribution in [3.05, 3.63) is 58.1 Å². The molecule has 10 heteroatoms. The van der Waals surface area contributed by atoms with E-state index in [4.69, 9.17) is 9.47 Å². The van der Waals surface area contributed by atoms with Gasteiger partial charge in [-0.25, -0.2) is 4.98 Å². The summed E-state index contributed by atoms with van der Waals surface area (Å²) >= 11 is 0. The Morgan fingerprint density at radius 2 is 1.92 bits per heavy atom. The average Bonchev–Trinajstić information content (AvgIpc) is 3.39. The molecule has 1 aromatic carbocycles. The van der Waals surface area contributed by atoms with Gasteiger partial charge in [0.2, 0.25) is 0 Å². The molecule has 0 bridgehead atoms. The van der Waals surface area contributed by atoms with Gasteiger partial charge in [-0.1, -0.05) is 0 Å². The number of aromatic nitrogens is 4. The van der Waals surface area contributed by atoms with Gasteiger partial charge in [0.05, 0.1) is 35.8 Å². The third kappa shape index (κ3) is 4.11. The summed E-state index contributed by atoms with van der Waals surface area (Å²) in [7, 11) is 1.64. The molecule has 2 aliphatic heterocycles. The molecule has 0 spiro atoms. The minimum atomic E-state index is -0.166. The van der Waals surface area contributed by atoms with Gasteiger partial charge >= 0.3 is 0 Å². The molecular weight excluding hydrogens is 472 g/mol. The van der Waals surface area contributed by atoms with Crippen molar-refractivity contribution < 1.29 is 14.3 Å². The smallest absolute Gasteiger partial charge is 0.259 e. The van der Waals surface area contributed by atoms with E-state index in [9.17, 15) is 9.59 Å². The maximum absolute atomic E-state index is 13.7. The molecule has 0 radical (unpaired) electrons. The number of piperazine rings is 1. The van der Waals surface area contributed by atoms with Crippen molar-refractivity contribution in [3.8, 4) is 5.75 Å². The Kier molecular flexibility index (Phi) is 6.03. The predicted molar refractivity (Wildman–Crippen MR) is 141 cm³/mol. The van der Waals surface area contributed by atoms with E-state index in [1.165, 1.54) is 0 Å². The predicted octanol–water partition coefficient (Wildman–Crippen LogP) is 2.90. The zero-order chi connectivity index (χ0) is 25.5. The number of carbonyl (C=O) groups is 1. The summed E-state index contributed by atoms with van der Waals surface area (Å²) < 4.78 is 13.0. The SMILES string of the molecule is COc1cccnc1N1CCN(C(=O)c2cc3c(cc2C)[nH]c(=O)c2cnn(C4CCOCC4)c23)CC1. The summed E-state index contributed by atoms with van der Waals surface area (Å²) in [6.07, 6.45) is 5.07. The number of nitrogens with zero attached hydrogens (tertiary/aromatic N) is 5. The van der Waals surface area contributed by atoms with Crippen LogP contribution in [0.2, 0.25) is 0 Å². The van der Waals surface area contributed by atoms with Crippen molar-refractivity contribution in [1.82, 2.24) is 24.6 Å². The van der Waals surface area contributed by atoms with Gasteiger partial charge in [0.1, 0.15) is 0 Å². The van der Waals surface area contributed by atoms with Crippen LogP contribution < -0.4 is 15.2 Å². The highest BCUT2D eigenvalue weighted by molar-refractivity contribution is 6.07. The Morgan fingerprint density at radius 1 is 1.14 bits per heavy atom. The van der Waals surface area contributed by atoms with Crippen molar-refractivity contribution in [3.63, 3.8) is 0 Å². The average molecular weight is 503 g/mol. The Morgan fingerprint density at radius 3 is 2.68 bits per heavy atom. The largest absolute Gasteiger partial charge is 0.493 e. The van der Waals surface area contributed by atoms with E-state index in [0.29, 0.717) is 55.9 Å². The first-order chi connectivity index (χ1) is 18.0. The normalized spacial score (nSPS) is 17.0. The number of aryl methyl sites for hydroxylation is 1. The molecule has 4 aromatic rings. The van der Waals surface area contributed by atoms with Crippen LogP contribution in [0, 0.1) is 6.92 Å². The number of benzene rings is 1. The maximum atomic E-state index is 13.7. The van der Waals surface area contributed by atoms with E-state index in [1.807, 2.05) is 40.8 Å². The van der Waals surface area contributed by atoms with E-state index in [0.717, 1.165) is 40.9 Å². The van der Waals surface area contributed by atoms with Crippen LogP contribution >= 0.6 is 0 Å². The van der Waals surface area contributed by atoms with Crippen LogP contribution in [0.15, 0.2) is 41.5 Å². The number of aromatic amines is 1. The highest BCUT2D eigenvalue weighted by Crippen LogP contribution is 2.31. The van der Waals surface area contributed by atoms with Crippen LogP contribution in [0.25, 0.3) is 21.8 Å². The lowest BCUT2D eigenvalue weighted by atomic mass is 10.0. The van der Waals surface area contributed by atoms with Gasteiger partial charge in [0.25, 0.3) is 11.5 Å². The van der Waals surface area contributed by atoms with E-state index in [-0.39, 0.29) is 17.5 Å². The number of ether oxygens (including phenoxy) is 2. The summed E-state index contributed by atoms with van der Waals surface area (Å²) in [5.74, 6) is 1.52. The lowest BCUT2D eigenvalue weighted by Gasteiger charge is -2.36. The second-order valence-electron chi connectivity index (χ2n) is 9.67. The molecule has 0 unspecified atom stereocenters. The van der Waals surface area contributed by atoms with E-state index >= 15 is 0 Å². The summed E-state index contributed by atoms with van der Waals surface area (Å²) in [5, 5.41) is 5.97. The number of fused-ring (bicyclic) bond motifs is 3. The fourth-order valence-corrected chi connectivity index (χ4v) is 5.50. The van der Waals surface area contributed by atoms with Crippen LogP contribution in [0.3, 0.4) is 0 Å². The number of pyridine rings is 2. The second kappa shape index (κ2) is 9.51. The van der Waals surface area contributed by atoms with Crippen molar-refractivity contribution >= 4 is 33.5 Å². The molecule has 0 aliphatic carbocycles. The fraction of sp³-hybridized carbons (Fsp3) is 0.407. The third-order valence-electron chi connectivity index (χ3n) is 7.51. The molecule has 0 saturated carbocycles. The number of H-pyrrole nitrogens is 1. The molecule has 10 nitrogen and oxygen atoms in total. The first-order valence-corrected chi connectivity index (χ1v) is 12.7. The van der Waals surface area contributed by atoms with Gasteiger partial charge in [0, 0.05) is 56.5 Å². The Balaban J connectivity index is 1.33. The van der Waals surface area contributed by atoms with Crippen LogP contribution in [0.1, 0.15) is 34.8 Å². The van der Waals surface area contributed by atoms with Gasteiger partial charge in [-0.3, -0.25) is 14.3 Å². The van der Waals surface area contributed by atoms with Gasteiger partial charge in [-0.05, 0) is 49.6 Å². The van der Waals surface area contributed by atoms with Gasteiger partial charge in [-0.2, -0.15) is 5.10 Å². The molecule has 1 amide bonds. The maximum Gasteiger partial charge on any atom is 0.259 e. The van der Waals surface area contributed by atoms with Crippen molar-refractivity contribution in [2.45, 2.75) is 25.8 Å². The number of anilines is 1. The van der Waals surface area contributed by atoms with Gasteiger partial charge in [0.15, 0.2) is 11.6 Å². The lowest BCUT2D eigenvalue weighted by molar-refractivity contribution is 0.0675. The van der Waals surface area contributed by atoms with Crippen molar-refractivity contribution in [2.75, 3.05) is 51.4 Å². The number of hydrogen-bond donors (Lipinski definition) is 1. The minimum absolute atomic E-state index is 0.0106. The second-order valence-corrected chi connectivity index (χ2v) is 9.67. The Hall–Kier alpha value is -3.92. The van der Waals surface area contributed by atoms with Crippen LogP contribution in [-0.4, -0.2) is 77.1 Å². The van der Waals surface area contributed by atoms with Gasteiger partial charge < -0.3 is 24.3 Å². The molecular formula is C27H30N6O4. The molecule has 2 fully saturated rings. The molecule has 37 heavy (non-hydrogen) atoms. The van der Waals surface area contributed by atoms with Gasteiger partial charge in [-0.15, -0.1) is 0 Å². The van der Waals surface area contributed by atoms with Crippen molar-refractivity contribution in [2.24, 2.45) is 0 Å². The molecule has 2 aliphatic rings. The summed E-state index contributed by atoms with van der Waals surface area (Å²) in [6, 6.07) is 7.74. The number of methoxy groups -OCH3 is 1. The van der Waals surface area contributed by atoms with E-state index < -0.39 is 0 Å². The Bertz CT molecular complexity index is 1530. The summed E-state index contributed by atoms with van der Waals surface area (Å²) in [4.78, 5) is 38.0. The van der Waals surface area contributed by atoms with Crippen LogP contribution in [0.5, 0.6) is 5.75 Å². The molecule has 2 saturated heterocycles. The topological polar surface area (TPSA) is 106 Å². The number of nitrogens with one attached hydrogen (secondary N) is 1. The molecule has 192 valence electrons. The highest BCUT2D eigenvalue weighted by atomic mass is 16.5. The third-order valence-corrected chi connectivity index (χ3v) is 7.51. The number of rotatable bonds is 4. The van der Waals surface area contributed by atoms with Crippen molar-refractivity contribution in [1.29, 1.82) is 0 Å². The monoisotopic (exact) mass is 502 g/mol. The standard InChI is InChI=1S/C27H30N6O4/c1-17-14-22-20(24-21(26(34)30-22)16-29-33(24)18-5-12-37-13-6-18)15-19(17)27(35)32-10-8-31(9-11-32)25-23(36-2)4-3-7-28-25/h3-4,7,14-16,18H,5-6,8-13H2,1-2H3,(H,30,34). The summed E-state index contributed by atoms with van der Waals surface area (Å²) in [6.45, 7) is 5.76. The first-order valence-electron chi connectivity index (χ1n) is 12.7. The molecule has 1 N–H and O–H groups in total. The van der Waals surface area contributed by atoms with Crippen LogP contribution in [0.4, 0.5) is 5.82 Å². The van der Waals surface area contributed by atoms with E-state index in [1.54, 1.807) is 19.5 Å². The highest BCUT2D eigenvalue weighted by Gasteiger charge is 2.27. The summed E-state index contributed by atoms with van der Waals surface area (Å²) in [5.41, 5.74) is 2.81. The molecule has 6 rings (SSSR count). The number of hydrogen-bond acceptors (Lipinski definition) is 7. The molecule has 3 aromatic heterocycles. The number of amides is 1. The van der Waals surface area contributed by atoms with Crippen LogP contribution in [-0.2, 0) is 4.74 Å². The number of carbonyl (C=O) groups excluding carboxylic acids is 1. The zero-order valence-corrected chi connectivity index (χ0v) is 21.1. The Labute approximate surface area is 213 Å². The molecule has 0 atom stereocenters.